The highest BCUT2D eigenvalue weighted by molar-refractivity contribution is 5.84. The maximum absolute atomic E-state index is 10.8. The Morgan fingerprint density at radius 1 is 1.50 bits per heavy atom. The highest BCUT2D eigenvalue weighted by Crippen LogP contribution is 2.18. The van der Waals surface area contributed by atoms with Gasteiger partial charge in [-0.2, -0.15) is 0 Å². The lowest BCUT2D eigenvalue weighted by Gasteiger charge is -2.11. The number of hydroxylamine groups is 1. The van der Waals surface area contributed by atoms with Crippen molar-refractivity contribution in [1.82, 2.24) is 4.98 Å². The van der Waals surface area contributed by atoms with E-state index in [1.807, 2.05) is 24.3 Å². The molecule has 0 aliphatic rings. The van der Waals surface area contributed by atoms with Crippen molar-refractivity contribution in [2.75, 3.05) is 0 Å². The number of aromatic nitrogens is 1. The number of nitrogens with two attached hydrogens (primary N) is 1. The average molecular weight is 220 g/mol. The molecule has 4 N–H and O–H groups in total. The Morgan fingerprint density at radius 2 is 2.25 bits per heavy atom. The van der Waals surface area contributed by atoms with Gasteiger partial charge in [0.1, 0.15) is 0 Å². The first kappa shape index (κ1) is 10.7. The molecule has 0 aliphatic heterocycles. The molecule has 1 aromatic heterocycles. The van der Waals surface area contributed by atoms with Gasteiger partial charge in [0.25, 0.3) is 0 Å². The van der Waals surface area contributed by atoms with Crippen LogP contribution in [0.15, 0.2) is 30.5 Å². The number of rotatable bonds is 4. The number of carboxylic acids is 1. The third kappa shape index (κ3) is 1.91. The zero-order valence-corrected chi connectivity index (χ0v) is 8.51. The third-order valence-electron chi connectivity index (χ3n) is 2.60. The van der Waals surface area contributed by atoms with Crippen LogP contribution in [0.3, 0.4) is 0 Å². The second kappa shape index (κ2) is 4.34. The molecule has 0 saturated heterocycles. The standard InChI is InChI=1S/C11H12N2O3/c14-11(15)10(13-16)5-7-6-12-9-4-2-1-3-8(7)9/h1-4,6,10,12H,5,13H2,(H,14,15)/t10-/m1/s1. The number of aromatic amines is 1. The van der Waals surface area contributed by atoms with E-state index < -0.39 is 12.0 Å². The van der Waals surface area contributed by atoms with Crippen LogP contribution in [0.1, 0.15) is 5.56 Å². The molecule has 1 aromatic carbocycles. The Labute approximate surface area is 91.7 Å². The molecule has 0 unspecified atom stereocenters. The van der Waals surface area contributed by atoms with Crippen molar-refractivity contribution >= 4 is 16.9 Å². The number of aliphatic carboxylic acids is 1. The van der Waals surface area contributed by atoms with Crippen molar-refractivity contribution < 1.29 is 15.4 Å². The molecule has 5 heteroatoms. The highest BCUT2D eigenvalue weighted by Gasteiger charge is 2.19. The van der Waals surface area contributed by atoms with Gasteiger partial charge in [0.15, 0.2) is 6.04 Å². The van der Waals surface area contributed by atoms with Gasteiger partial charge in [0.2, 0.25) is 0 Å². The van der Waals surface area contributed by atoms with Crippen LogP contribution in [0.2, 0.25) is 0 Å². The van der Waals surface area contributed by atoms with E-state index in [2.05, 4.69) is 4.98 Å². The van der Waals surface area contributed by atoms with Crippen LogP contribution >= 0.6 is 0 Å². The van der Waals surface area contributed by atoms with Gasteiger partial charge in [-0.3, -0.25) is 0 Å². The van der Waals surface area contributed by atoms with Crippen LogP contribution in [0.25, 0.3) is 10.9 Å². The minimum absolute atomic E-state index is 0.225. The first-order valence-electron chi connectivity index (χ1n) is 4.95. The van der Waals surface area contributed by atoms with Gasteiger partial charge in [0, 0.05) is 23.5 Å². The molecule has 0 aliphatic carbocycles. The largest absolute Gasteiger partial charge is 0.635 e. The van der Waals surface area contributed by atoms with Gasteiger partial charge in [-0.25, -0.2) is 4.79 Å². The van der Waals surface area contributed by atoms with Crippen LogP contribution in [0, 0.1) is 5.21 Å². The van der Waals surface area contributed by atoms with E-state index in [4.69, 9.17) is 5.11 Å². The van der Waals surface area contributed by atoms with Crippen molar-refractivity contribution in [2.24, 2.45) is 0 Å². The minimum atomic E-state index is -1.08. The van der Waals surface area contributed by atoms with Crippen LogP contribution in [-0.4, -0.2) is 22.1 Å². The average Bonchev–Trinajstić information content (AvgIpc) is 2.69. The Kier molecular flexibility index (Phi) is 2.89. The van der Waals surface area contributed by atoms with Crippen molar-refractivity contribution in [2.45, 2.75) is 12.5 Å². The number of carboxylic acid groups (broad SMARTS) is 1. The highest BCUT2D eigenvalue weighted by atomic mass is 16.5. The molecule has 5 nitrogen and oxygen atoms in total. The molecule has 1 atom stereocenters. The zero-order chi connectivity index (χ0) is 11.5. The van der Waals surface area contributed by atoms with Crippen molar-refractivity contribution in [3.63, 3.8) is 0 Å². The predicted octanol–water partition coefficient (Wildman–Crippen LogP) is 0.225. The Hall–Kier alpha value is -1.85. The molecule has 2 rings (SSSR count). The molecule has 0 fully saturated rings. The quantitative estimate of drug-likeness (QED) is 0.644. The molecular weight excluding hydrogens is 208 g/mol. The summed E-state index contributed by atoms with van der Waals surface area (Å²) in [5.74, 6) is -1.08. The van der Waals surface area contributed by atoms with E-state index in [-0.39, 0.29) is 6.42 Å². The number of H-pyrrole nitrogens is 1. The summed E-state index contributed by atoms with van der Waals surface area (Å²) in [5.41, 5.74) is 2.28. The number of nitrogens with one attached hydrogen (secondary N) is 1. The molecule has 0 radical (unpaired) electrons. The van der Waals surface area contributed by atoms with Crippen molar-refractivity contribution in [3.05, 3.63) is 41.2 Å². The number of carbonyl (C=O) groups is 1. The number of hydrogen-bond acceptors (Lipinski definition) is 2. The smallest absolute Gasteiger partial charge is 0.363 e. The molecule has 0 bridgehead atoms. The normalized spacial score (nSPS) is 12.8. The van der Waals surface area contributed by atoms with E-state index in [0.29, 0.717) is 5.48 Å². The monoisotopic (exact) mass is 220 g/mol. The summed E-state index contributed by atoms with van der Waals surface area (Å²) < 4.78 is 0. The summed E-state index contributed by atoms with van der Waals surface area (Å²) in [6.45, 7) is 0. The molecule has 2 aromatic rings. The molecular formula is C11H12N2O3. The van der Waals surface area contributed by atoms with Gasteiger partial charge in [-0.05, 0) is 11.6 Å². The number of hydrogen-bond donors (Lipinski definition) is 3. The molecule has 0 amide bonds. The van der Waals surface area contributed by atoms with E-state index >= 15 is 0 Å². The van der Waals surface area contributed by atoms with Crippen LogP contribution in [0.5, 0.6) is 0 Å². The van der Waals surface area contributed by atoms with E-state index in [1.54, 1.807) is 6.20 Å². The number of para-hydroxylation sites is 1. The fourth-order valence-electron chi connectivity index (χ4n) is 1.73. The van der Waals surface area contributed by atoms with Crippen molar-refractivity contribution in [3.8, 4) is 0 Å². The van der Waals surface area contributed by atoms with E-state index in [9.17, 15) is 10.0 Å². The van der Waals surface area contributed by atoms with Gasteiger partial charge < -0.3 is 20.8 Å². The number of benzene rings is 1. The summed E-state index contributed by atoms with van der Waals surface area (Å²) in [4.78, 5) is 13.8. The predicted molar refractivity (Wildman–Crippen MR) is 58.7 cm³/mol. The van der Waals surface area contributed by atoms with Gasteiger partial charge >= 0.3 is 5.97 Å². The first-order chi connectivity index (χ1) is 7.72. The summed E-state index contributed by atoms with van der Waals surface area (Å²) >= 11 is 0. The Bertz CT molecular complexity index is 507. The SMILES string of the molecule is O=C(O)[C@@H](Cc1c[nH]c2ccccc12)[NH2+][O-]. The summed E-state index contributed by atoms with van der Waals surface area (Å²) in [7, 11) is 0. The lowest BCUT2D eigenvalue weighted by Crippen LogP contribution is -2.87. The molecule has 0 saturated carbocycles. The minimum Gasteiger partial charge on any atom is -0.635 e. The number of quaternary nitrogens is 1. The van der Waals surface area contributed by atoms with Crippen LogP contribution in [0.4, 0.5) is 0 Å². The van der Waals surface area contributed by atoms with Crippen molar-refractivity contribution in [1.29, 1.82) is 0 Å². The fraction of sp³-hybridized carbons (Fsp3) is 0.182. The Balaban J connectivity index is 2.30. The maximum atomic E-state index is 10.8. The maximum Gasteiger partial charge on any atom is 0.363 e. The second-order valence-electron chi connectivity index (χ2n) is 3.64. The lowest BCUT2D eigenvalue weighted by atomic mass is 10.1. The number of fused-ring (bicyclic) bond motifs is 1. The molecule has 1 heterocycles. The van der Waals surface area contributed by atoms with Crippen LogP contribution < -0.4 is 5.48 Å². The van der Waals surface area contributed by atoms with Gasteiger partial charge in [0.05, 0.1) is 0 Å². The van der Waals surface area contributed by atoms with Gasteiger partial charge in [-0.15, -0.1) is 0 Å². The topological polar surface area (TPSA) is 92.8 Å². The second-order valence-corrected chi connectivity index (χ2v) is 3.64. The Morgan fingerprint density at radius 3 is 2.94 bits per heavy atom. The van der Waals surface area contributed by atoms with E-state index in [0.717, 1.165) is 16.5 Å². The van der Waals surface area contributed by atoms with E-state index in [1.165, 1.54) is 0 Å². The molecule has 84 valence electrons. The summed E-state index contributed by atoms with van der Waals surface area (Å²) in [5, 5.41) is 20.4. The molecule has 16 heavy (non-hydrogen) atoms. The molecule has 0 spiro atoms. The van der Waals surface area contributed by atoms with Crippen LogP contribution in [-0.2, 0) is 11.2 Å². The summed E-state index contributed by atoms with van der Waals surface area (Å²) in [6, 6.07) is 6.63. The first-order valence-corrected chi connectivity index (χ1v) is 4.95. The fourth-order valence-corrected chi connectivity index (χ4v) is 1.73. The van der Waals surface area contributed by atoms with Gasteiger partial charge in [-0.1, -0.05) is 18.2 Å². The lowest BCUT2D eigenvalue weighted by molar-refractivity contribution is -0.614. The third-order valence-corrected chi connectivity index (χ3v) is 2.60. The zero-order valence-electron chi connectivity index (χ0n) is 8.51. The summed E-state index contributed by atoms with van der Waals surface area (Å²) in [6.07, 6.45) is 1.98.